The molecule has 0 unspecified atom stereocenters. The number of aryl methyl sites for hydroxylation is 4. The molecule has 0 atom stereocenters. The average Bonchev–Trinajstić information content (AvgIpc) is 3.31. The fourth-order valence-corrected chi connectivity index (χ4v) is 7.34. The van der Waals surface area contributed by atoms with E-state index < -0.39 is 32.1 Å². The summed E-state index contributed by atoms with van der Waals surface area (Å²) in [6.07, 6.45) is 7.41. The van der Waals surface area contributed by atoms with Gasteiger partial charge in [-0.05, 0) is 119 Å². The number of benzene rings is 5. The first kappa shape index (κ1) is 53.5. The fourth-order valence-electron chi connectivity index (χ4n) is 6.40. The number of carbonyl (C=O) groups excluding carboxylic acids is 4. The summed E-state index contributed by atoms with van der Waals surface area (Å²) in [4.78, 5) is 51.3. The van der Waals surface area contributed by atoms with Crippen molar-refractivity contribution in [2.24, 2.45) is 0 Å². The molecule has 10 N–H and O–H groups in total. The topological polar surface area (TPSA) is 317 Å². The van der Waals surface area contributed by atoms with Gasteiger partial charge in [0.15, 0.2) is 24.8 Å². The van der Waals surface area contributed by atoms with Crippen LogP contribution >= 0.6 is 0 Å². The van der Waals surface area contributed by atoms with Crippen molar-refractivity contribution in [3.8, 4) is 0 Å². The summed E-state index contributed by atoms with van der Waals surface area (Å²) in [6, 6.07) is 32.2. The summed E-state index contributed by atoms with van der Waals surface area (Å²) < 4.78 is 66.2. The maximum atomic E-state index is 13.0. The molecule has 7 rings (SSSR count). The number of nitrogens with two attached hydrogens (primary N) is 3. The van der Waals surface area contributed by atoms with Gasteiger partial charge in [0.1, 0.15) is 44.7 Å². The third-order valence-electron chi connectivity index (χ3n) is 10.2. The van der Waals surface area contributed by atoms with Crippen molar-refractivity contribution in [1.82, 2.24) is 0 Å². The molecule has 0 aliphatic rings. The van der Waals surface area contributed by atoms with Crippen LogP contribution in [-0.2, 0) is 33.3 Å². The highest BCUT2D eigenvalue weighted by Gasteiger charge is 2.18. The Morgan fingerprint density at radius 3 is 1.14 bits per heavy atom. The molecule has 2 aromatic heterocycles. The van der Waals surface area contributed by atoms with Gasteiger partial charge in [-0.3, -0.25) is 19.2 Å². The Balaban J connectivity index is 0.000000347. The number of amides is 4. The smallest absolute Gasteiger partial charge is 0.257 e. The fraction of sp³-hybridized carbons (Fsp3) is 0.120. The number of aromatic nitrogens is 2. The number of nitrogens with zero attached hydrogens (tertiary/aromatic N) is 2. The van der Waals surface area contributed by atoms with E-state index in [4.69, 9.17) is 17.2 Å². The number of anilines is 7. The third kappa shape index (κ3) is 15.5. The predicted octanol–water partition coefficient (Wildman–Crippen LogP) is 5.86. The van der Waals surface area contributed by atoms with Crippen LogP contribution in [0.25, 0.3) is 0 Å². The molecule has 4 amide bonds. The SMILES string of the molecule is CC[n+]1cccc(NC(=O)c2ccc(NC(=O)c3ccc(C(=O)Nc4ccc(C(=O)Nc5ccc[n+](CC)c5)c(N)c4)c(N)c3)cc2N)c1.Cc1ccc(S(=O)(=O)[O-])cc1.Cc1ccc(S(=O)(=O)[O-])cc1. The lowest BCUT2D eigenvalue weighted by atomic mass is 10.1. The molecule has 0 aliphatic carbocycles. The van der Waals surface area contributed by atoms with E-state index in [2.05, 4.69) is 21.3 Å². The van der Waals surface area contributed by atoms with Gasteiger partial charge in [0.25, 0.3) is 23.6 Å². The van der Waals surface area contributed by atoms with E-state index in [-0.39, 0.29) is 60.9 Å². The number of hydrogen-bond acceptors (Lipinski definition) is 13. The molecule has 0 aliphatic heterocycles. The highest BCUT2D eigenvalue weighted by atomic mass is 32.2. The second-order valence-electron chi connectivity index (χ2n) is 15.6. The Labute approximate surface area is 410 Å². The quantitative estimate of drug-likeness (QED) is 0.0429. The third-order valence-corrected chi connectivity index (χ3v) is 11.9. The second-order valence-corrected chi connectivity index (χ2v) is 18.4. The van der Waals surface area contributed by atoms with Gasteiger partial charge in [-0.1, -0.05) is 35.4 Å². The zero-order chi connectivity index (χ0) is 52.0. The van der Waals surface area contributed by atoms with Crippen molar-refractivity contribution < 1.29 is 54.3 Å². The van der Waals surface area contributed by atoms with Gasteiger partial charge in [-0.15, -0.1) is 0 Å². The highest BCUT2D eigenvalue weighted by Crippen LogP contribution is 2.24. The number of pyridine rings is 2. The Morgan fingerprint density at radius 1 is 0.465 bits per heavy atom. The Bertz CT molecular complexity index is 3240. The second kappa shape index (κ2) is 23.7. The molecule has 0 fully saturated rings. The van der Waals surface area contributed by atoms with Crippen molar-refractivity contribution >= 4 is 83.7 Å². The van der Waals surface area contributed by atoms with Gasteiger partial charge in [0, 0.05) is 46.1 Å². The zero-order valence-electron chi connectivity index (χ0n) is 38.9. The number of rotatable bonds is 12. The molecule has 19 nitrogen and oxygen atoms in total. The maximum Gasteiger partial charge on any atom is 0.257 e. The minimum Gasteiger partial charge on any atom is -0.744 e. The summed E-state index contributed by atoms with van der Waals surface area (Å²) >= 11 is 0. The molecule has 0 radical (unpaired) electrons. The molecule has 0 spiro atoms. The lowest BCUT2D eigenvalue weighted by molar-refractivity contribution is -0.693. The van der Waals surface area contributed by atoms with Crippen molar-refractivity contribution in [3.63, 3.8) is 0 Å². The van der Waals surface area contributed by atoms with Crippen LogP contribution in [0.3, 0.4) is 0 Å². The molecular formula is C50H51N9O10S2. The van der Waals surface area contributed by atoms with Gasteiger partial charge in [0.05, 0.1) is 26.5 Å². The van der Waals surface area contributed by atoms with E-state index in [0.717, 1.165) is 24.2 Å². The predicted molar refractivity (Wildman–Crippen MR) is 267 cm³/mol. The first-order valence-corrected chi connectivity index (χ1v) is 24.3. The standard InChI is InChI=1S/C36H35N9O4.2C7H8O3S/c1-3-44-15-5-7-25(20-44)42-35(48)28-13-10-23(18-31(28)38)40-33(46)22-9-12-27(30(37)17-22)34(47)41-24-11-14-29(32(39)19-24)36(49)43-26-8-6-16-45(4-2)21-26;2*1-6-2-4-7(5-3-6)11(8,9)10/h5-21H,3-4H2,1-2H3,(H8-2,37,38,39,40,41,42,43,46,47,48,49);2*2-5H,1H3,(H,8,9,10). The number of nitrogens with one attached hydrogen (secondary N) is 4. The monoisotopic (exact) mass is 1000 g/mol. The largest absolute Gasteiger partial charge is 0.744 e. The van der Waals surface area contributed by atoms with Crippen molar-refractivity contribution in [1.29, 1.82) is 0 Å². The molecule has 5 aromatic carbocycles. The van der Waals surface area contributed by atoms with Crippen LogP contribution in [0, 0.1) is 13.8 Å². The minimum atomic E-state index is -4.27. The summed E-state index contributed by atoms with van der Waals surface area (Å²) in [7, 11) is -8.54. The van der Waals surface area contributed by atoms with Crippen LogP contribution in [-0.4, -0.2) is 49.6 Å². The van der Waals surface area contributed by atoms with Gasteiger partial charge in [-0.2, -0.15) is 0 Å². The normalized spacial score (nSPS) is 10.8. The summed E-state index contributed by atoms with van der Waals surface area (Å²) in [5.41, 5.74) is 23.5. The number of nitrogen functional groups attached to an aromatic ring is 3. The van der Waals surface area contributed by atoms with Crippen molar-refractivity contribution in [2.45, 2.75) is 50.6 Å². The van der Waals surface area contributed by atoms with Gasteiger partial charge in [0.2, 0.25) is 0 Å². The molecule has 7 aromatic rings. The molecule has 0 bridgehead atoms. The van der Waals surface area contributed by atoms with Crippen LogP contribution in [0.4, 0.5) is 39.8 Å². The molecule has 21 heteroatoms. The highest BCUT2D eigenvalue weighted by molar-refractivity contribution is 7.86. The Hall–Kier alpha value is -8.50. The average molecular weight is 1000 g/mol. The summed E-state index contributed by atoms with van der Waals surface area (Å²) in [5.74, 6) is -1.80. The summed E-state index contributed by atoms with van der Waals surface area (Å²) in [6.45, 7) is 9.13. The Kier molecular flexibility index (Phi) is 17.8. The number of carbonyl (C=O) groups is 4. The first-order chi connectivity index (χ1) is 33.5. The molecule has 2 heterocycles. The lowest BCUT2D eigenvalue weighted by Crippen LogP contribution is -2.31. The van der Waals surface area contributed by atoms with Crippen LogP contribution in [0.15, 0.2) is 162 Å². The summed E-state index contributed by atoms with van der Waals surface area (Å²) in [5, 5.41) is 11.1. The van der Waals surface area contributed by atoms with E-state index >= 15 is 0 Å². The van der Waals surface area contributed by atoms with E-state index in [1.807, 2.05) is 73.7 Å². The number of hydrogen-bond donors (Lipinski definition) is 7. The first-order valence-electron chi connectivity index (χ1n) is 21.5. The van der Waals surface area contributed by atoms with Crippen LogP contribution < -0.4 is 47.6 Å². The molecule has 71 heavy (non-hydrogen) atoms. The van der Waals surface area contributed by atoms with E-state index in [9.17, 15) is 45.1 Å². The molecule has 0 saturated heterocycles. The molecule has 368 valence electrons. The lowest BCUT2D eigenvalue weighted by Gasteiger charge is -2.12. The maximum absolute atomic E-state index is 13.0. The molecular weight excluding hydrogens is 951 g/mol. The minimum absolute atomic E-state index is 0.0677. The van der Waals surface area contributed by atoms with E-state index in [1.165, 1.54) is 66.7 Å². The van der Waals surface area contributed by atoms with Crippen molar-refractivity contribution in [2.75, 3.05) is 38.5 Å². The van der Waals surface area contributed by atoms with E-state index in [1.54, 1.807) is 48.5 Å². The molecule has 0 saturated carbocycles. The zero-order valence-corrected chi connectivity index (χ0v) is 40.5. The van der Waals surface area contributed by atoms with Gasteiger partial charge in [-0.25, -0.2) is 26.0 Å². The van der Waals surface area contributed by atoms with Crippen LogP contribution in [0.2, 0.25) is 0 Å². The Morgan fingerprint density at radius 2 is 0.803 bits per heavy atom. The van der Waals surface area contributed by atoms with Crippen LogP contribution in [0.1, 0.15) is 66.4 Å². The van der Waals surface area contributed by atoms with Crippen LogP contribution in [0.5, 0.6) is 0 Å². The van der Waals surface area contributed by atoms with E-state index in [0.29, 0.717) is 22.7 Å². The van der Waals surface area contributed by atoms with Gasteiger partial charge < -0.3 is 47.6 Å². The van der Waals surface area contributed by atoms with Gasteiger partial charge >= 0.3 is 0 Å². The van der Waals surface area contributed by atoms with Crippen molar-refractivity contribution in [3.05, 3.63) is 186 Å².